The number of nitrogens with one attached hydrogen (secondary N) is 7. The molecule has 0 bridgehead atoms. The summed E-state index contributed by atoms with van der Waals surface area (Å²) in [5, 5.41) is 19.9. The second kappa shape index (κ2) is 27.0. The fraction of sp³-hybridized carbons (Fsp3) is 0.421. The molecule has 0 spiro atoms. The minimum atomic E-state index is -1.16. The number of nitrogens with two attached hydrogens (primary N) is 1. The second-order valence-electron chi connectivity index (χ2n) is 19.8. The van der Waals surface area contributed by atoms with Gasteiger partial charge >= 0.3 is 0 Å². The van der Waals surface area contributed by atoms with Crippen molar-refractivity contribution < 1.29 is 43.2 Å². The van der Waals surface area contributed by atoms with Gasteiger partial charge in [-0.25, -0.2) is 0 Å². The van der Waals surface area contributed by atoms with Gasteiger partial charge in [-0.05, 0) is 61.6 Å². The fourth-order valence-electron chi connectivity index (χ4n) is 9.30. The van der Waals surface area contributed by atoms with E-state index in [1.54, 1.807) is 73.7 Å². The van der Waals surface area contributed by atoms with Crippen LogP contribution in [0.4, 0.5) is 5.69 Å². The van der Waals surface area contributed by atoms with Gasteiger partial charge in [0.15, 0.2) is 11.6 Å². The Morgan fingerprint density at radius 1 is 0.627 bits per heavy atom. The third-order valence-corrected chi connectivity index (χ3v) is 13.6. The smallest absolute Gasteiger partial charge is 0.246 e. The number of rotatable bonds is 25. The van der Waals surface area contributed by atoms with Crippen LogP contribution < -0.4 is 43.0 Å². The van der Waals surface area contributed by atoms with E-state index in [4.69, 9.17) is 5.73 Å². The number of hydrogen-bond donors (Lipinski definition) is 8. The van der Waals surface area contributed by atoms with Crippen molar-refractivity contribution in [2.75, 3.05) is 31.5 Å². The van der Waals surface area contributed by atoms with E-state index in [0.717, 1.165) is 11.1 Å². The van der Waals surface area contributed by atoms with Crippen molar-refractivity contribution >= 4 is 58.6 Å². The Kier molecular flexibility index (Phi) is 20.4. The maximum Gasteiger partial charge on any atom is 0.246 e. The molecular weight excluding hydrogens is 955 g/mol. The van der Waals surface area contributed by atoms with Crippen LogP contribution >= 0.6 is 0 Å². The topological polar surface area (TPSA) is 267 Å². The molecule has 0 radical (unpaired) electrons. The first-order valence-electron chi connectivity index (χ1n) is 25.9. The number of amides is 7. The Morgan fingerprint density at radius 2 is 1.21 bits per heavy atom. The molecule has 7 atom stereocenters. The van der Waals surface area contributed by atoms with Gasteiger partial charge in [0.05, 0.1) is 18.2 Å². The molecule has 7 amide bonds. The van der Waals surface area contributed by atoms with Crippen molar-refractivity contribution in [2.45, 2.75) is 116 Å². The first-order chi connectivity index (χ1) is 36.0. The largest absolute Gasteiger partial charge is 0.384 e. The number of nitrogens with zero attached hydrogens (tertiary/aromatic N) is 1. The Hall–Kier alpha value is -7.73. The molecule has 0 aromatic heterocycles. The maximum absolute atomic E-state index is 14.4. The molecule has 75 heavy (non-hydrogen) atoms. The van der Waals surface area contributed by atoms with Gasteiger partial charge in [-0.3, -0.25) is 43.2 Å². The zero-order valence-corrected chi connectivity index (χ0v) is 43.4. The van der Waals surface area contributed by atoms with Crippen molar-refractivity contribution in [3.8, 4) is 0 Å². The highest BCUT2D eigenvalue weighted by molar-refractivity contribution is 6.30. The number of anilines is 1. The van der Waals surface area contributed by atoms with Crippen LogP contribution in [0.15, 0.2) is 103 Å². The Balaban J connectivity index is 1.07. The van der Waals surface area contributed by atoms with Crippen molar-refractivity contribution in [3.63, 3.8) is 0 Å². The first-order valence-corrected chi connectivity index (χ1v) is 25.9. The number of benzene rings is 4. The molecular formula is C57H71N9O9. The Bertz CT molecular complexity index is 2700. The number of ketones is 2. The quantitative estimate of drug-likeness (QED) is 0.0393. The Morgan fingerprint density at radius 3 is 1.84 bits per heavy atom. The van der Waals surface area contributed by atoms with Crippen molar-refractivity contribution in [3.05, 3.63) is 137 Å². The molecule has 398 valence electrons. The highest BCUT2D eigenvalue weighted by Crippen LogP contribution is 2.32. The summed E-state index contributed by atoms with van der Waals surface area (Å²) in [5.74, 6) is -4.77. The lowest BCUT2D eigenvalue weighted by Gasteiger charge is -2.29. The monoisotopic (exact) mass is 1030 g/mol. The summed E-state index contributed by atoms with van der Waals surface area (Å²) in [7, 11) is 0. The lowest BCUT2D eigenvalue weighted by molar-refractivity contribution is -0.141. The fourth-order valence-corrected chi connectivity index (χ4v) is 9.30. The molecule has 18 heteroatoms. The number of carbonyl (C=O) groups excluding carboxylic acids is 9. The molecule has 4 aromatic carbocycles. The van der Waals surface area contributed by atoms with E-state index in [1.807, 2.05) is 57.2 Å². The SMILES string of the molecule is CC[C@H](C)[C@H](NC(=O)[C@H](Cc1ccccc1)NC(=O)[C@H](CC(C)C)NC(=O)[C@@H](C)N)C(=O)NCC(=O)N[C@@H](Cc1ccccc1)C(=O)N1CCC[C@H]1C(=O)NCCCNc1cccc2c1C(=O)c1ccccc1C2=O. The molecule has 1 aliphatic heterocycles. The van der Waals surface area contributed by atoms with Crippen LogP contribution in [0.1, 0.15) is 110 Å². The molecule has 1 fully saturated rings. The summed E-state index contributed by atoms with van der Waals surface area (Å²) >= 11 is 0. The molecule has 6 rings (SSSR count). The molecule has 1 heterocycles. The molecule has 2 aliphatic rings. The summed E-state index contributed by atoms with van der Waals surface area (Å²) < 4.78 is 0. The van der Waals surface area contributed by atoms with Crippen LogP contribution in [-0.4, -0.2) is 120 Å². The van der Waals surface area contributed by atoms with Gasteiger partial charge in [0.1, 0.15) is 30.2 Å². The second-order valence-corrected chi connectivity index (χ2v) is 19.8. The van der Waals surface area contributed by atoms with Gasteiger partial charge in [0, 0.05) is 54.9 Å². The van der Waals surface area contributed by atoms with Gasteiger partial charge in [-0.2, -0.15) is 0 Å². The lowest BCUT2D eigenvalue weighted by atomic mass is 9.83. The maximum atomic E-state index is 14.4. The van der Waals surface area contributed by atoms with E-state index in [-0.39, 0.29) is 55.7 Å². The molecule has 1 saturated heterocycles. The van der Waals surface area contributed by atoms with Crippen molar-refractivity contribution in [1.29, 1.82) is 0 Å². The zero-order chi connectivity index (χ0) is 54.2. The van der Waals surface area contributed by atoms with Gasteiger partial charge < -0.3 is 47.9 Å². The van der Waals surface area contributed by atoms with Crippen molar-refractivity contribution in [1.82, 2.24) is 36.8 Å². The summed E-state index contributed by atoms with van der Waals surface area (Å²) in [6, 6.07) is 23.9. The standard InChI is InChI=1S/C57H71N9O9/c1-6-35(4)49(65-54(72)44(31-37-18-9-7-10-19-37)64-53(71)43(30-34(2)3)63-52(70)36(5)58)56(74)61-33-47(67)62-45(32-38-20-11-8-12-21-38)57(75)66-29-16-26-46(66)55(73)60-28-17-27-59-42-25-15-24-41-48(42)51(69)40-23-14-13-22-39(40)50(41)68/h7-15,18-25,34-36,43-46,49,59H,6,16-17,26-33,58H2,1-5H3,(H,60,73)(H,61,74)(H,62,67)(H,63,70)(H,64,71)(H,65,72)/t35-,36+,43-,44-,45-,46-,49-/m0/s1. The molecule has 0 unspecified atom stereocenters. The molecule has 18 nitrogen and oxygen atoms in total. The summed E-state index contributed by atoms with van der Waals surface area (Å²) in [4.78, 5) is 124. The highest BCUT2D eigenvalue weighted by Gasteiger charge is 2.39. The molecule has 1 aliphatic carbocycles. The van der Waals surface area contributed by atoms with E-state index >= 15 is 0 Å². The number of likely N-dealkylation sites (tertiary alicyclic amines) is 1. The average molecular weight is 1030 g/mol. The predicted octanol–water partition coefficient (Wildman–Crippen LogP) is 3.35. The van der Waals surface area contributed by atoms with E-state index in [2.05, 4.69) is 37.2 Å². The highest BCUT2D eigenvalue weighted by atomic mass is 16.2. The number of fused-ring (bicyclic) bond motifs is 2. The molecule has 9 N–H and O–H groups in total. The molecule has 4 aromatic rings. The zero-order valence-electron chi connectivity index (χ0n) is 43.4. The Labute approximate surface area is 438 Å². The van der Waals surface area contributed by atoms with Crippen LogP contribution in [0, 0.1) is 11.8 Å². The van der Waals surface area contributed by atoms with E-state index in [0.29, 0.717) is 60.2 Å². The molecule has 0 saturated carbocycles. The van der Waals surface area contributed by atoms with Crippen LogP contribution in [0.25, 0.3) is 0 Å². The summed E-state index contributed by atoms with van der Waals surface area (Å²) in [6.07, 6.45) is 2.35. The van der Waals surface area contributed by atoms with Crippen LogP contribution in [0.2, 0.25) is 0 Å². The number of hydrogen-bond acceptors (Lipinski definition) is 11. The van der Waals surface area contributed by atoms with Crippen molar-refractivity contribution in [2.24, 2.45) is 17.6 Å². The normalized spacial score (nSPS) is 16.2. The predicted molar refractivity (Wildman–Crippen MR) is 284 cm³/mol. The van der Waals surface area contributed by atoms with E-state index in [1.165, 1.54) is 11.8 Å². The first kappa shape index (κ1) is 56.6. The van der Waals surface area contributed by atoms with Gasteiger partial charge in [0.25, 0.3) is 0 Å². The van der Waals surface area contributed by atoms with E-state index in [9.17, 15) is 43.2 Å². The van der Waals surface area contributed by atoms with E-state index < -0.39 is 84.2 Å². The van der Waals surface area contributed by atoms with Gasteiger partial charge in [-0.1, -0.05) is 131 Å². The van der Waals surface area contributed by atoms with Crippen LogP contribution in [0.3, 0.4) is 0 Å². The third kappa shape index (κ3) is 15.2. The van der Waals surface area contributed by atoms with Gasteiger partial charge in [0.2, 0.25) is 41.4 Å². The van der Waals surface area contributed by atoms with Gasteiger partial charge in [-0.15, -0.1) is 0 Å². The third-order valence-electron chi connectivity index (χ3n) is 13.6. The van der Waals surface area contributed by atoms with Crippen LogP contribution in [-0.2, 0) is 46.4 Å². The lowest BCUT2D eigenvalue weighted by Crippen LogP contribution is -2.59. The summed E-state index contributed by atoms with van der Waals surface area (Å²) in [6.45, 7) is 9.29. The average Bonchev–Trinajstić information content (AvgIpc) is 3.90. The number of carbonyl (C=O) groups is 9. The van der Waals surface area contributed by atoms with Crippen LogP contribution in [0.5, 0.6) is 0 Å². The minimum absolute atomic E-state index is 0.00580. The summed E-state index contributed by atoms with van der Waals surface area (Å²) in [5.41, 5.74) is 9.17. The minimum Gasteiger partial charge on any atom is -0.384 e.